The van der Waals surface area contributed by atoms with Gasteiger partial charge in [-0.05, 0) is 18.6 Å². The van der Waals surface area contributed by atoms with Crippen LogP contribution < -0.4 is 5.32 Å². The first-order valence-electron chi connectivity index (χ1n) is 5.03. The summed E-state index contributed by atoms with van der Waals surface area (Å²) in [6, 6.07) is 3.56. The second kappa shape index (κ2) is 4.50. The van der Waals surface area contributed by atoms with Crippen LogP contribution in [0.3, 0.4) is 0 Å². The number of thiazole rings is 1. The van der Waals surface area contributed by atoms with Gasteiger partial charge in [-0.1, -0.05) is 29.0 Å². The van der Waals surface area contributed by atoms with Gasteiger partial charge in [0, 0.05) is 14.1 Å². The molecule has 0 unspecified atom stereocenters. The summed E-state index contributed by atoms with van der Waals surface area (Å²) in [4.78, 5) is 17.3. The molecule has 0 radical (unpaired) electrons. The molecule has 0 aliphatic carbocycles. The Labute approximate surface area is 108 Å². The number of nitrogens with one attached hydrogen (secondary N) is 1. The second-order valence-corrected chi connectivity index (χ2v) is 5.29. The van der Waals surface area contributed by atoms with Crippen LogP contribution in [-0.2, 0) is 0 Å². The van der Waals surface area contributed by atoms with Gasteiger partial charge in [0.25, 0.3) is 0 Å². The van der Waals surface area contributed by atoms with E-state index < -0.39 is 0 Å². The molecule has 2 amide bonds. The molecule has 0 bridgehead atoms. The van der Waals surface area contributed by atoms with E-state index in [0.717, 1.165) is 15.8 Å². The summed E-state index contributed by atoms with van der Waals surface area (Å²) in [5, 5.41) is 3.95. The van der Waals surface area contributed by atoms with Crippen LogP contribution in [0, 0.1) is 6.92 Å². The SMILES string of the molecule is Cc1ccc(Cl)c2sc(NC(=O)N(C)C)nc12. The summed E-state index contributed by atoms with van der Waals surface area (Å²) in [5.74, 6) is 0. The van der Waals surface area contributed by atoms with Gasteiger partial charge < -0.3 is 4.90 Å². The number of nitrogens with zero attached hydrogens (tertiary/aromatic N) is 2. The number of fused-ring (bicyclic) bond motifs is 1. The van der Waals surface area contributed by atoms with E-state index in [4.69, 9.17) is 11.6 Å². The number of carbonyl (C=O) groups is 1. The third kappa shape index (κ3) is 2.35. The molecule has 2 aromatic rings. The molecule has 2 rings (SSSR count). The van der Waals surface area contributed by atoms with Crippen molar-refractivity contribution in [1.29, 1.82) is 0 Å². The third-order valence-corrected chi connectivity index (χ3v) is 3.75. The minimum absolute atomic E-state index is 0.196. The fourth-order valence-electron chi connectivity index (χ4n) is 1.36. The number of urea groups is 1. The Bertz CT molecular complexity index is 540. The predicted octanol–water partition coefficient (Wildman–Crippen LogP) is 3.35. The Hall–Kier alpha value is -1.33. The molecular weight excluding hydrogens is 258 g/mol. The Balaban J connectivity index is 2.41. The lowest BCUT2D eigenvalue weighted by atomic mass is 10.2. The normalized spacial score (nSPS) is 10.6. The summed E-state index contributed by atoms with van der Waals surface area (Å²) in [6.07, 6.45) is 0. The van der Waals surface area contributed by atoms with Gasteiger partial charge in [0.05, 0.1) is 15.2 Å². The molecule has 0 spiro atoms. The van der Waals surface area contributed by atoms with Crippen LogP contribution in [0.5, 0.6) is 0 Å². The first kappa shape index (κ1) is 12.1. The molecule has 0 saturated heterocycles. The number of halogens is 1. The van der Waals surface area contributed by atoms with Crippen LogP contribution in [0.25, 0.3) is 10.2 Å². The number of aryl methyl sites for hydroxylation is 1. The molecule has 1 aromatic heterocycles. The van der Waals surface area contributed by atoms with Gasteiger partial charge in [0.2, 0.25) is 0 Å². The maximum Gasteiger partial charge on any atom is 0.323 e. The van der Waals surface area contributed by atoms with E-state index in [1.807, 2.05) is 19.1 Å². The van der Waals surface area contributed by atoms with Crippen LogP contribution in [-0.4, -0.2) is 30.0 Å². The lowest BCUT2D eigenvalue weighted by molar-refractivity contribution is 0.230. The van der Waals surface area contributed by atoms with Gasteiger partial charge in [-0.3, -0.25) is 5.32 Å². The van der Waals surface area contributed by atoms with Gasteiger partial charge in [-0.15, -0.1) is 0 Å². The number of hydrogen-bond donors (Lipinski definition) is 1. The zero-order valence-electron chi connectivity index (χ0n) is 9.74. The molecule has 17 heavy (non-hydrogen) atoms. The summed E-state index contributed by atoms with van der Waals surface area (Å²) >= 11 is 7.47. The quantitative estimate of drug-likeness (QED) is 0.863. The topological polar surface area (TPSA) is 45.2 Å². The third-order valence-electron chi connectivity index (χ3n) is 2.32. The summed E-state index contributed by atoms with van der Waals surface area (Å²) in [7, 11) is 3.36. The van der Waals surface area contributed by atoms with Crippen molar-refractivity contribution in [2.24, 2.45) is 0 Å². The highest BCUT2D eigenvalue weighted by Crippen LogP contribution is 2.33. The Morgan fingerprint density at radius 3 is 2.76 bits per heavy atom. The van der Waals surface area contributed by atoms with Crippen LogP contribution in [0.2, 0.25) is 5.02 Å². The first-order chi connectivity index (χ1) is 7.99. The zero-order chi connectivity index (χ0) is 12.6. The lowest BCUT2D eigenvalue weighted by Crippen LogP contribution is -2.27. The lowest BCUT2D eigenvalue weighted by Gasteiger charge is -2.09. The number of amides is 2. The summed E-state index contributed by atoms with van der Waals surface area (Å²) in [5.41, 5.74) is 1.89. The number of rotatable bonds is 1. The molecule has 4 nitrogen and oxygen atoms in total. The molecule has 1 N–H and O–H groups in total. The molecule has 1 aromatic carbocycles. The average Bonchev–Trinajstić information content (AvgIpc) is 2.68. The standard InChI is InChI=1S/C11H12ClN3OS/c1-6-4-5-7(12)9-8(6)13-10(17-9)14-11(16)15(2)3/h4-5H,1-3H3,(H,13,14,16). The van der Waals surface area contributed by atoms with Gasteiger partial charge in [-0.25, -0.2) is 9.78 Å². The van der Waals surface area contributed by atoms with E-state index in [9.17, 15) is 4.79 Å². The van der Waals surface area contributed by atoms with E-state index in [1.165, 1.54) is 16.2 Å². The molecule has 6 heteroatoms. The molecular formula is C11H12ClN3OS. The van der Waals surface area contributed by atoms with Crippen LogP contribution in [0.4, 0.5) is 9.93 Å². The first-order valence-corrected chi connectivity index (χ1v) is 6.22. The molecule has 0 saturated carbocycles. The van der Waals surface area contributed by atoms with E-state index >= 15 is 0 Å². The van der Waals surface area contributed by atoms with E-state index in [2.05, 4.69) is 10.3 Å². The van der Waals surface area contributed by atoms with Crippen LogP contribution >= 0.6 is 22.9 Å². The maximum absolute atomic E-state index is 11.5. The highest BCUT2D eigenvalue weighted by Gasteiger charge is 2.12. The van der Waals surface area contributed by atoms with Crippen molar-refractivity contribution < 1.29 is 4.79 Å². The van der Waals surface area contributed by atoms with Crippen molar-refractivity contribution in [3.63, 3.8) is 0 Å². The zero-order valence-corrected chi connectivity index (χ0v) is 11.3. The van der Waals surface area contributed by atoms with Gasteiger partial charge in [0.1, 0.15) is 0 Å². The van der Waals surface area contributed by atoms with Crippen molar-refractivity contribution in [3.8, 4) is 0 Å². The van der Waals surface area contributed by atoms with E-state index in [1.54, 1.807) is 14.1 Å². The predicted molar refractivity (Wildman–Crippen MR) is 72.1 cm³/mol. The van der Waals surface area contributed by atoms with Crippen LogP contribution in [0.1, 0.15) is 5.56 Å². The largest absolute Gasteiger partial charge is 0.331 e. The van der Waals surface area contributed by atoms with Crippen molar-refractivity contribution >= 4 is 44.3 Å². The molecule has 0 fully saturated rings. The number of hydrogen-bond acceptors (Lipinski definition) is 3. The molecule has 0 atom stereocenters. The monoisotopic (exact) mass is 269 g/mol. The van der Waals surface area contributed by atoms with E-state index in [0.29, 0.717) is 10.2 Å². The number of anilines is 1. The highest BCUT2D eigenvalue weighted by molar-refractivity contribution is 7.23. The minimum Gasteiger partial charge on any atom is -0.331 e. The summed E-state index contributed by atoms with van der Waals surface area (Å²) < 4.78 is 0.903. The Kier molecular flexibility index (Phi) is 3.22. The average molecular weight is 270 g/mol. The molecule has 0 aliphatic heterocycles. The Morgan fingerprint density at radius 1 is 1.47 bits per heavy atom. The number of carbonyl (C=O) groups excluding carboxylic acids is 1. The van der Waals surface area contributed by atoms with Crippen LogP contribution in [0.15, 0.2) is 12.1 Å². The number of benzene rings is 1. The van der Waals surface area contributed by atoms with E-state index in [-0.39, 0.29) is 6.03 Å². The molecule has 90 valence electrons. The fraction of sp³-hybridized carbons (Fsp3) is 0.273. The van der Waals surface area contributed by atoms with Crippen molar-refractivity contribution in [2.75, 3.05) is 19.4 Å². The summed E-state index contributed by atoms with van der Waals surface area (Å²) in [6.45, 7) is 1.97. The second-order valence-electron chi connectivity index (χ2n) is 3.89. The maximum atomic E-state index is 11.5. The number of aromatic nitrogens is 1. The van der Waals surface area contributed by atoms with Crippen molar-refractivity contribution in [2.45, 2.75) is 6.92 Å². The van der Waals surface area contributed by atoms with Crippen molar-refractivity contribution in [3.05, 3.63) is 22.7 Å². The van der Waals surface area contributed by atoms with Gasteiger partial charge >= 0.3 is 6.03 Å². The smallest absolute Gasteiger partial charge is 0.323 e. The van der Waals surface area contributed by atoms with Gasteiger partial charge in [-0.2, -0.15) is 0 Å². The molecule has 0 aliphatic rings. The van der Waals surface area contributed by atoms with Crippen molar-refractivity contribution in [1.82, 2.24) is 9.88 Å². The van der Waals surface area contributed by atoms with Gasteiger partial charge in [0.15, 0.2) is 5.13 Å². The Morgan fingerprint density at radius 2 is 2.18 bits per heavy atom. The molecule has 1 heterocycles. The minimum atomic E-state index is -0.196. The highest BCUT2D eigenvalue weighted by atomic mass is 35.5. The fourth-order valence-corrected chi connectivity index (χ4v) is 2.56.